The minimum absolute atomic E-state index is 0.0544. The van der Waals surface area contributed by atoms with Crippen LogP contribution in [-0.4, -0.2) is 57.0 Å². The second-order valence-electron chi connectivity index (χ2n) is 10.8. The van der Waals surface area contributed by atoms with Crippen LogP contribution in [0.3, 0.4) is 0 Å². The van der Waals surface area contributed by atoms with E-state index in [2.05, 4.69) is 37.2 Å². The molecule has 0 aromatic heterocycles. The maximum atomic E-state index is 14.8. The highest BCUT2D eigenvalue weighted by molar-refractivity contribution is 9.10. The Hall–Kier alpha value is -4.06. The lowest BCUT2D eigenvalue weighted by molar-refractivity contribution is -0.129. The second kappa shape index (κ2) is 15.7. The minimum atomic E-state index is -1.42. The highest BCUT2D eigenvalue weighted by Crippen LogP contribution is 2.45. The van der Waals surface area contributed by atoms with Gasteiger partial charge in [0.1, 0.15) is 23.0 Å². The number of rotatable bonds is 14. The van der Waals surface area contributed by atoms with E-state index in [1.54, 1.807) is 33.5 Å². The number of benzene rings is 4. The molecule has 0 saturated heterocycles. The van der Waals surface area contributed by atoms with Gasteiger partial charge in [-0.05, 0) is 42.0 Å². The summed E-state index contributed by atoms with van der Waals surface area (Å²) in [7, 11) is 4.68. The number of aliphatic hydroxyl groups excluding tert-OH is 1. The van der Waals surface area contributed by atoms with E-state index in [0.29, 0.717) is 53.1 Å². The first-order chi connectivity index (χ1) is 22.8. The first kappa shape index (κ1) is 34.3. The van der Waals surface area contributed by atoms with Gasteiger partial charge >= 0.3 is 0 Å². The summed E-state index contributed by atoms with van der Waals surface area (Å²) in [4.78, 5) is 19.9. The fourth-order valence-electron chi connectivity index (χ4n) is 5.45. The van der Waals surface area contributed by atoms with Crippen molar-refractivity contribution in [2.45, 2.75) is 31.0 Å². The molecule has 11 heteroatoms. The number of aliphatic hydroxyl groups is 1. The second-order valence-corrected chi connectivity index (χ2v) is 12.5. The summed E-state index contributed by atoms with van der Waals surface area (Å²) in [5.74, 6) is 2.23. The number of aliphatic imine (C=N–C) groups is 1. The zero-order valence-electron chi connectivity index (χ0n) is 26.3. The number of ether oxygens (including phenoxy) is 5. The van der Waals surface area contributed by atoms with Crippen molar-refractivity contribution in [3.8, 4) is 23.0 Å². The Bertz CT molecular complexity index is 1710. The van der Waals surface area contributed by atoms with E-state index < -0.39 is 11.6 Å². The van der Waals surface area contributed by atoms with Crippen LogP contribution in [-0.2, 0) is 22.5 Å². The molecule has 0 bridgehead atoms. The van der Waals surface area contributed by atoms with Gasteiger partial charge in [0.2, 0.25) is 5.90 Å². The SMILES string of the molecule is COc1cc(OC)c(CNC(=O)[C@]2(Cc3ccccc3Br)N=C(c3ccc(OCCCO)cc3)O[C@@H]2c2ccccc2Br)c(OC)c1. The van der Waals surface area contributed by atoms with Gasteiger partial charge in [-0.3, -0.25) is 4.79 Å². The number of methoxy groups -OCH3 is 3. The van der Waals surface area contributed by atoms with Crippen molar-refractivity contribution in [3.05, 3.63) is 116 Å². The lowest BCUT2D eigenvalue weighted by Crippen LogP contribution is -2.49. The zero-order chi connectivity index (χ0) is 33.4. The smallest absolute Gasteiger partial charge is 0.252 e. The van der Waals surface area contributed by atoms with Gasteiger partial charge in [0, 0.05) is 51.7 Å². The minimum Gasteiger partial charge on any atom is -0.496 e. The summed E-state index contributed by atoms with van der Waals surface area (Å²) in [6.45, 7) is 0.551. The average molecular weight is 768 g/mol. The highest BCUT2D eigenvalue weighted by atomic mass is 79.9. The van der Waals surface area contributed by atoms with Gasteiger partial charge in [-0.15, -0.1) is 0 Å². The van der Waals surface area contributed by atoms with E-state index in [1.807, 2.05) is 72.8 Å². The van der Waals surface area contributed by atoms with E-state index in [-0.39, 0.29) is 25.5 Å². The van der Waals surface area contributed by atoms with Crippen LogP contribution in [0.15, 0.2) is 98.9 Å². The summed E-state index contributed by atoms with van der Waals surface area (Å²) in [5.41, 5.74) is 1.58. The first-order valence-corrected chi connectivity index (χ1v) is 16.6. The molecule has 0 aliphatic carbocycles. The highest BCUT2D eigenvalue weighted by Gasteiger charge is 2.54. The lowest BCUT2D eigenvalue weighted by atomic mass is 9.82. The quantitative estimate of drug-likeness (QED) is 0.136. The van der Waals surface area contributed by atoms with Crippen molar-refractivity contribution in [1.29, 1.82) is 0 Å². The molecule has 246 valence electrons. The number of carbonyl (C=O) groups is 1. The van der Waals surface area contributed by atoms with Gasteiger partial charge in [0.15, 0.2) is 11.6 Å². The molecule has 0 fully saturated rings. The van der Waals surface area contributed by atoms with Crippen LogP contribution in [0.1, 0.15) is 34.8 Å². The molecular weight excluding hydrogens is 732 g/mol. The molecule has 0 saturated carbocycles. The third-order valence-electron chi connectivity index (χ3n) is 7.88. The van der Waals surface area contributed by atoms with Crippen LogP contribution >= 0.6 is 31.9 Å². The molecule has 5 rings (SSSR count). The standard InChI is InChI=1S/C36H36Br2N2O7/c1-43-26-19-31(44-2)28(32(20-26)45-3)22-39-35(42)36(21-24-9-4-6-11-29(24)37)33(27-10-5-7-12-30(27)38)47-34(40-36)23-13-15-25(16-14-23)46-18-8-17-41/h4-7,9-16,19-20,33,41H,8,17-18,21-22H2,1-3H3,(H,39,42)/t33-,36-/m1/s1. The number of carbonyl (C=O) groups excluding carboxylic acids is 1. The summed E-state index contributed by atoms with van der Waals surface area (Å²) in [5, 5.41) is 12.2. The molecule has 2 N–H and O–H groups in total. The van der Waals surface area contributed by atoms with Crippen LogP contribution in [0, 0.1) is 0 Å². The van der Waals surface area contributed by atoms with Gasteiger partial charge < -0.3 is 34.1 Å². The number of hydrogen-bond donors (Lipinski definition) is 2. The van der Waals surface area contributed by atoms with Crippen LogP contribution in [0.2, 0.25) is 0 Å². The molecule has 0 spiro atoms. The molecule has 47 heavy (non-hydrogen) atoms. The van der Waals surface area contributed by atoms with Gasteiger partial charge in [0.05, 0.1) is 40.0 Å². The summed E-state index contributed by atoms with van der Waals surface area (Å²) in [6, 6.07) is 26.3. The molecule has 4 aromatic rings. The van der Waals surface area contributed by atoms with Crippen molar-refractivity contribution in [2.75, 3.05) is 34.5 Å². The van der Waals surface area contributed by atoms with Gasteiger partial charge in [-0.1, -0.05) is 68.3 Å². The molecular formula is C36H36Br2N2O7. The molecule has 0 unspecified atom stereocenters. The van der Waals surface area contributed by atoms with Gasteiger partial charge in [0.25, 0.3) is 5.91 Å². The Labute approximate surface area is 291 Å². The Kier molecular flexibility index (Phi) is 11.4. The monoisotopic (exact) mass is 766 g/mol. The Balaban J connectivity index is 1.60. The van der Waals surface area contributed by atoms with Crippen molar-refractivity contribution < 1.29 is 33.6 Å². The Morgan fingerprint density at radius 1 is 0.894 bits per heavy atom. The summed E-state index contributed by atoms with van der Waals surface area (Å²) >= 11 is 7.38. The van der Waals surface area contributed by atoms with E-state index in [0.717, 1.165) is 20.1 Å². The third-order valence-corrected chi connectivity index (χ3v) is 9.37. The van der Waals surface area contributed by atoms with Crippen molar-refractivity contribution in [2.24, 2.45) is 4.99 Å². The number of halogens is 2. The van der Waals surface area contributed by atoms with Crippen LogP contribution in [0.4, 0.5) is 0 Å². The zero-order valence-corrected chi connectivity index (χ0v) is 29.5. The van der Waals surface area contributed by atoms with E-state index in [1.165, 1.54) is 0 Å². The van der Waals surface area contributed by atoms with Crippen LogP contribution < -0.4 is 24.3 Å². The predicted molar refractivity (Wildman–Crippen MR) is 187 cm³/mol. The molecule has 4 aromatic carbocycles. The largest absolute Gasteiger partial charge is 0.496 e. The lowest BCUT2D eigenvalue weighted by Gasteiger charge is -2.31. The molecule has 1 aliphatic rings. The molecule has 0 radical (unpaired) electrons. The van der Waals surface area contributed by atoms with E-state index in [4.69, 9.17) is 33.8 Å². The van der Waals surface area contributed by atoms with Crippen LogP contribution in [0.25, 0.3) is 0 Å². The third kappa shape index (κ3) is 7.58. The summed E-state index contributed by atoms with van der Waals surface area (Å²) < 4.78 is 30.7. The summed E-state index contributed by atoms with van der Waals surface area (Å²) in [6.07, 6.45) is -0.0263. The molecule has 9 nitrogen and oxygen atoms in total. The topological polar surface area (TPSA) is 108 Å². The van der Waals surface area contributed by atoms with E-state index >= 15 is 0 Å². The van der Waals surface area contributed by atoms with Crippen molar-refractivity contribution >= 4 is 43.7 Å². The van der Waals surface area contributed by atoms with Gasteiger partial charge in [-0.25, -0.2) is 4.99 Å². The van der Waals surface area contributed by atoms with E-state index in [9.17, 15) is 4.79 Å². The molecule has 1 aliphatic heterocycles. The molecule has 2 atom stereocenters. The van der Waals surface area contributed by atoms with Gasteiger partial charge in [-0.2, -0.15) is 0 Å². The van der Waals surface area contributed by atoms with Crippen molar-refractivity contribution in [1.82, 2.24) is 5.32 Å². The molecule has 1 heterocycles. The number of hydrogen-bond acceptors (Lipinski definition) is 8. The molecule has 1 amide bonds. The first-order valence-electron chi connectivity index (χ1n) is 15.0. The number of nitrogens with one attached hydrogen (secondary N) is 1. The average Bonchev–Trinajstić information content (AvgIpc) is 3.48. The fourth-order valence-corrected chi connectivity index (χ4v) is 6.37. The van der Waals surface area contributed by atoms with Crippen LogP contribution in [0.5, 0.6) is 23.0 Å². The predicted octanol–water partition coefficient (Wildman–Crippen LogP) is 6.81. The maximum Gasteiger partial charge on any atom is 0.252 e. The fraction of sp³-hybridized carbons (Fsp3) is 0.278. The van der Waals surface area contributed by atoms with Crippen molar-refractivity contribution in [3.63, 3.8) is 0 Å². The number of amides is 1. The Morgan fingerprint density at radius 2 is 1.55 bits per heavy atom. The Morgan fingerprint density at radius 3 is 2.17 bits per heavy atom. The maximum absolute atomic E-state index is 14.8. The number of nitrogens with zero attached hydrogens (tertiary/aromatic N) is 1. The normalized spacial score (nSPS) is 17.0.